The van der Waals surface area contributed by atoms with E-state index in [2.05, 4.69) is 11.0 Å². The zero-order valence-electron chi connectivity index (χ0n) is 11.3. The molecule has 100 valence electrons. The molecule has 0 spiro atoms. The maximum atomic E-state index is 9.45. The molecule has 1 atom stereocenters. The summed E-state index contributed by atoms with van der Waals surface area (Å²) >= 11 is 0. The van der Waals surface area contributed by atoms with E-state index >= 15 is 0 Å². The third-order valence-corrected chi connectivity index (χ3v) is 3.32. The van der Waals surface area contributed by atoms with E-state index in [1.807, 2.05) is 13.0 Å². The molecule has 18 heavy (non-hydrogen) atoms. The van der Waals surface area contributed by atoms with E-state index in [1.165, 1.54) is 11.1 Å². The number of nitrogens with zero attached hydrogens (tertiary/aromatic N) is 1. The fraction of sp³-hybridized carbons (Fsp3) is 0.571. The molecule has 0 bridgehead atoms. The van der Waals surface area contributed by atoms with Crippen LogP contribution in [-0.2, 0) is 13.0 Å². The Morgan fingerprint density at radius 2 is 1.83 bits per heavy atom. The lowest BCUT2D eigenvalue weighted by molar-refractivity contribution is 0.119. The van der Waals surface area contributed by atoms with Gasteiger partial charge < -0.3 is 14.6 Å². The lowest BCUT2D eigenvalue weighted by atomic mass is 9.98. The third kappa shape index (κ3) is 2.76. The van der Waals surface area contributed by atoms with Crippen molar-refractivity contribution in [2.45, 2.75) is 26.0 Å². The second kappa shape index (κ2) is 5.59. The van der Waals surface area contributed by atoms with Gasteiger partial charge in [-0.15, -0.1) is 0 Å². The van der Waals surface area contributed by atoms with Gasteiger partial charge >= 0.3 is 0 Å². The third-order valence-electron chi connectivity index (χ3n) is 3.32. The van der Waals surface area contributed by atoms with E-state index in [-0.39, 0.29) is 6.10 Å². The number of benzene rings is 1. The van der Waals surface area contributed by atoms with Gasteiger partial charge in [0.2, 0.25) is 0 Å². The quantitative estimate of drug-likeness (QED) is 0.879. The van der Waals surface area contributed by atoms with Crippen LogP contribution in [0.25, 0.3) is 0 Å². The molecule has 0 saturated carbocycles. The minimum Gasteiger partial charge on any atom is -0.493 e. The van der Waals surface area contributed by atoms with Gasteiger partial charge in [-0.1, -0.05) is 0 Å². The van der Waals surface area contributed by atoms with Crippen molar-refractivity contribution in [3.8, 4) is 11.5 Å². The molecule has 0 unspecified atom stereocenters. The molecule has 1 heterocycles. The van der Waals surface area contributed by atoms with Crippen molar-refractivity contribution >= 4 is 0 Å². The Bertz CT molecular complexity index is 418. The summed E-state index contributed by atoms with van der Waals surface area (Å²) in [6, 6.07) is 4.11. The molecule has 1 aromatic rings. The van der Waals surface area contributed by atoms with Crippen molar-refractivity contribution in [1.82, 2.24) is 4.90 Å². The number of rotatable bonds is 4. The van der Waals surface area contributed by atoms with Crippen molar-refractivity contribution in [3.05, 3.63) is 23.3 Å². The Morgan fingerprint density at radius 3 is 2.39 bits per heavy atom. The molecule has 0 radical (unpaired) electrons. The lowest BCUT2D eigenvalue weighted by Gasteiger charge is -2.30. The zero-order chi connectivity index (χ0) is 13.1. The second-order valence-corrected chi connectivity index (χ2v) is 4.81. The summed E-state index contributed by atoms with van der Waals surface area (Å²) in [6.45, 7) is 4.38. The number of ether oxygens (including phenoxy) is 2. The number of methoxy groups -OCH3 is 2. The highest BCUT2D eigenvalue weighted by Gasteiger charge is 2.19. The number of aliphatic hydroxyl groups is 1. The highest BCUT2D eigenvalue weighted by Crippen LogP contribution is 2.33. The summed E-state index contributed by atoms with van der Waals surface area (Å²) < 4.78 is 10.6. The van der Waals surface area contributed by atoms with E-state index in [9.17, 15) is 5.11 Å². The van der Waals surface area contributed by atoms with Gasteiger partial charge in [-0.3, -0.25) is 4.90 Å². The van der Waals surface area contributed by atoms with Crippen molar-refractivity contribution in [2.75, 3.05) is 27.3 Å². The fourth-order valence-electron chi connectivity index (χ4n) is 2.47. The maximum absolute atomic E-state index is 9.45. The van der Waals surface area contributed by atoms with Crippen LogP contribution < -0.4 is 9.47 Å². The van der Waals surface area contributed by atoms with Gasteiger partial charge in [0.1, 0.15) is 0 Å². The Kier molecular flexibility index (Phi) is 4.09. The highest BCUT2D eigenvalue weighted by molar-refractivity contribution is 5.48. The van der Waals surface area contributed by atoms with Crippen LogP contribution in [0.15, 0.2) is 12.1 Å². The first kappa shape index (κ1) is 13.2. The van der Waals surface area contributed by atoms with E-state index < -0.39 is 0 Å². The number of hydrogen-bond acceptors (Lipinski definition) is 4. The first-order chi connectivity index (χ1) is 8.63. The van der Waals surface area contributed by atoms with Crippen LogP contribution in [-0.4, -0.2) is 43.4 Å². The molecular weight excluding hydrogens is 230 g/mol. The molecule has 0 aromatic heterocycles. The predicted octanol–water partition coefficient (Wildman–Crippen LogP) is 1.44. The first-order valence-corrected chi connectivity index (χ1v) is 6.28. The molecule has 0 saturated heterocycles. The van der Waals surface area contributed by atoms with E-state index in [1.54, 1.807) is 14.2 Å². The smallest absolute Gasteiger partial charge is 0.161 e. The van der Waals surface area contributed by atoms with E-state index in [0.29, 0.717) is 6.54 Å². The van der Waals surface area contributed by atoms with Gasteiger partial charge in [-0.25, -0.2) is 0 Å². The number of aliphatic hydroxyl groups excluding tert-OH is 1. The molecule has 0 aliphatic carbocycles. The molecule has 1 aromatic carbocycles. The van der Waals surface area contributed by atoms with Gasteiger partial charge in [0.05, 0.1) is 20.3 Å². The topological polar surface area (TPSA) is 41.9 Å². The predicted molar refractivity (Wildman–Crippen MR) is 70.2 cm³/mol. The standard InChI is InChI=1S/C14H21NO3/c1-10(16)8-15-5-4-11-6-13(17-2)14(18-3)7-12(11)9-15/h6-7,10,16H,4-5,8-9H2,1-3H3/t10-/m0/s1. The van der Waals surface area contributed by atoms with Crippen LogP contribution >= 0.6 is 0 Å². The minimum absolute atomic E-state index is 0.285. The Hall–Kier alpha value is -1.26. The van der Waals surface area contributed by atoms with Crippen LogP contribution in [0.3, 0.4) is 0 Å². The lowest BCUT2D eigenvalue weighted by Crippen LogP contribution is -2.35. The molecule has 1 aliphatic rings. The van der Waals surface area contributed by atoms with Crippen LogP contribution in [0.1, 0.15) is 18.1 Å². The average Bonchev–Trinajstić information content (AvgIpc) is 2.36. The maximum Gasteiger partial charge on any atom is 0.161 e. The Balaban J connectivity index is 2.21. The fourth-order valence-corrected chi connectivity index (χ4v) is 2.47. The highest BCUT2D eigenvalue weighted by atomic mass is 16.5. The van der Waals surface area contributed by atoms with Crippen molar-refractivity contribution in [2.24, 2.45) is 0 Å². The molecule has 1 aliphatic heterocycles. The summed E-state index contributed by atoms with van der Waals surface area (Å²) in [6.07, 6.45) is 0.703. The minimum atomic E-state index is -0.285. The second-order valence-electron chi connectivity index (χ2n) is 4.81. The molecule has 1 N–H and O–H groups in total. The Labute approximate surface area is 108 Å². The molecule has 0 fully saturated rings. The number of fused-ring (bicyclic) bond motifs is 1. The number of hydrogen-bond donors (Lipinski definition) is 1. The van der Waals surface area contributed by atoms with E-state index in [4.69, 9.17) is 9.47 Å². The van der Waals surface area contributed by atoms with Crippen LogP contribution in [0.5, 0.6) is 11.5 Å². The summed E-state index contributed by atoms with van der Waals surface area (Å²) in [5.41, 5.74) is 2.58. The summed E-state index contributed by atoms with van der Waals surface area (Å²) in [4.78, 5) is 2.26. The van der Waals surface area contributed by atoms with Crippen molar-refractivity contribution in [3.63, 3.8) is 0 Å². The summed E-state index contributed by atoms with van der Waals surface area (Å²) in [7, 11) is 3.31. The van der Waals surface area contributed by atoms with Gasteiger partial charge in [-0.2, -0.15) is 0 Å². The van der Waals surface area contributed by atoms with Crippen molar-refractivity contribution < 1.29 is 14.6 Å². The van der Waals surface area contributed by atoms with Gasteiger partial charge in [0, 0.05) is 19.6 Å². The van der Waals surface area contributed by atoms with Crippen LogP contribution in [0.4, 0.5) is 0 Å². The molecular formula is C14H21NO3. The van der Waals surface area contributed by atoms with E-state index in [0.717, 1.165) is 31.0 Å². The normalized spacial score (nSPS) is 17.1. The first-order valence-electron chi connectivity index (χ1n) is 6.28. The molecule has 4 heteroatoms. The SMILES string of the molecule is COc1cc2c(cc1OC)CN(C[C@H](C)O)CC2. The van der Waals surface area contributed by atoms with Crippen LogP contribution in [0.2, 0.25) is 0 Å². The summed E-state index contributed by atoms with van der Waals surface area (Å²) in [5, 5.41) is 9.45. The largest absolute Gasteiger partial charge is 0.493 e. The van der Waals surface area contributed by atoms with Gasteiger partial charge in [0.15, 0.2) is 11.5 Å². The zero-order valence-corrected chi connectivity index (χ0v) is 11.3. The van der Waals surface area contributed by atoms with Crippen molar-refractivity contribution in [1.29, 1.82) is 0 Å². The molecule has 2 rings (SSSR count). The number of β-amino-alcohol motifs (C(OH)–C–C–N with tert-alkyl or cyclic N) is 1. The molecule has 4 nitrogen and oxygen atoms in total. The van der Waals surface area contributed by atoms with Gasteiger partial charge in [0.25, 0.3) is 0 Å². The van der Waals surface area contributed by atoms with Gasteiger partial charge in [-0.05, 0) is 36.6 Å². The van der Waals surface area contributed by atoms with Crippen LogP contribution in [0, 0.1) is 0 Å². The Morgan fingerprint density at radius 1 is 1.22 bits per heavy atom. The average molecular weight is 251 g/mol. The monoisotopic (exact) mass is 251 g/mol. The molecule has 0 amide bonds. The summed E-state index contributed by atoms with van der Waals surface area (Å²) in [5.74, 6) is 1.57.